The maximum atomic E-state index is 12.0. The standard InChI is InChI=1S/C16H24N2O/c1-3-9-18(10-4-2)11-8-13-6-5-7-15-14(13)12-16(19)17-15/h5-7H,3-4,8-12H2,1-2H3,(H,17,19)/i5D,6D,7D,9D2,10D2,12D2. The zero-order chi connectivity index (χ0) is 21.7. The van der Waals surface area contributed by atoms with E-state index >= 15 is 0 Å². The lowest BCUT2D eigenvalue weighted by Crippen LogP contribution is -2.28. The summed E-state index contributed by atoms with van der Waals surface area (Å²) in [6, 6.07) is -1.31. The predicted molar refractivity (Wildman–Crippen MR) is 79.5 cm³/mol. The minimum absolute atomic E-state index is 0.0168. The van der Waals surface area contributed by atoms with Crippen LogP contribution in [0.25, 0.3) is 0 Å². The highest BCUT2D eigenvalue weighted by Crippen LogP contribution is 2.26. The molecule has 0 radical (unpaired) electrons. The maximum absolute atomic E-state index is 12.0. The van der Waals surface area contributed by atoms with Crippen molar-refractivity contribution >= 4 is 11.6 Å². The molecule has 3 heteroatoms. The highest BCUT2D eigenvalue weighted by molar-refractivity contribution is 5.99. The molecule has 0 aromatic heterocycles. The molecule has 1 aliphatic rings. The Morgan fingerprint density at radius 1 is 1.42 bits per heavy atom. The van der Waals surface area contributed by atoms with E-state index in [4.69, 9.17) is 12.3 Å². The minimum atomic E-state index is -2.48. The van der Waals surface area contributed by atoms with Gasteiger partial charge >= 0.3 is 0 Å². The second-order valence-electron chi connectivity index (χ2n) is 4.11. The highest BCUT2D eigenvalue weighted by atomic mass is 16.1. The van der Waals surface area contributed by atoms with Gasteiger partial charge in [-0.2, -0.15) is 0 Å². The van der Waals surface area contributed by atoms with Gasteiger partial charge in [-0.25, -0.2) is 0 Å². The first-order valence-electron chi connectivity index (χ1n) is 10.9. The van der Waals surface area contributed by atoms with Crippen LogP contribution in [0.2, 0.25) is 0 Å². The van der Waals surface area contributed by atoms with Gasteiger partial charge in [-0.15, -0.1) is 0 Å². The number of fused-ring (bicyclic) bond motifs is 1. The molecular formula is C16H24N2O. The van der Waals surface area contributed by atoms with Crippen LogP contribution in [-0.4, -0.2) is 30.3 Å². The monoisotopic (exact) mass is 269 g/mol. The van der Waals surface area contributed by atoms with Gasteiger partial charge in [0.1, 0.15) is 0 Å². The van der Waals surface area contributed by atoms with Crippen LogP contribution in [0.1, 0.15) is 50.2 Å². The molecule has 0 aliphatic carbocycles. The van der Waals surface area contributed by atoms with E-state index in [0.29, 0.717) is 0 Å². The van der Waals surface area contributed by atoms with Crippen molar-refractivity contribution in [1.29, 1.82) is 0 Å². The number of anilines is 1. The van der Waals surface area contributed by atoms with Gasteiger partial charge in [0.05, 0.1) is 10.5 Å². The van der Waals surface area contributed by atoms with E-state index in [1.165, 1.54) is 0 Å². The average molecular weight is 269 g/mol. The van der Waals surface area contributed by atoms with E-state index in [0.717, 1.165) is 4.90 Å². The minimum Gasteiger partial charge on any atom is -0.326 e. The highest BCUT2D eigenvalue weighted by Gasteiger charge is 2.20. The van der Waals surface area contributed by atoms with E-state index in [1.807, 2.05) is 0 Å². The fourth-order valence-corrected chi connectivity index (χ4v) is 1.94. The number of carbonyl (C=O) groups is 1. The first-order chi connectivity index (χ1) is 12.7. The third-order valence-electron chi connectivity index (χ3n) is 2.71. The third kappa shape index (κ3) is 3.57. The maximum Gasteiger partial charge on any atom is 0.228 e. The van der Waals surface area contributed by atoms with Crippen molar-refractivity contribution in [3.63, 3.8) is 0 Å². The molecule has 1 amide bonds. The molecule has 0 bridgehead atoms. The van der Waals surface area contributed by atoms with Gasteiger partial charge in [0.15, 0.2) is 0 Å². The molecule has 1 aromatic carbocycles. The van der Waals surface area contributed by atoms with Crippen molar-refractivity contribution in [2.45, 2.75) is 39.5 Å². The molecule has 1 N–H and O–H groups in total. The van der Waals surface area contributed by atoms with Gasteiger partial charge in [0.25, 0.3) is 0 Å². The molecule has 2 rings (SSSR count). The third-order valence-corrected chi connectivity index (χ3v) is 2.71. The second-order valence-corrected chi connectivity index (χ2v) is 4.11. The van der Waals surface area contributed by atoms with Crippen LogP contribution in [0.4, 0.5) is 5.69 Å². The Balaban J connectivity index is 2.54. The van der Waals surface area contributed by atoms with Gasteiger partial charge in [-0.05, 0) is 49.4 Å². The number of amides is 1. The van der Waals surface area contributed by atoms with Crippen LogP contribution in [0, 0.1) is 0 Å². The molecule has 0 saturated carbocycles. The number of hydrogen-bond donors (Lipinski definition) is 1. The van der Waals surface area contributed by atoms with Crippen LogP contribution in [0.15, 0.2) is 18.1 Å². The van der Waals surface area contributed by atoms with Crippen molar-refractivity contribution < 1.29 is 17.1 Å². The van der Waals surface area contributed by atoms with Gasteiger partial charge in [0.2, 0.25) is 5.91 Å². The number of rotatable bonds is 7. The lowest BCUT2D eigenvalue weighted by molar-refractivity contribution is -0.115. The van der Waals surface area contributed by atoms with Crippen LogP contribution in [0.5, 0.6) is 0 Å². The number of hydrogen-bond acceptors (Lipinski definition) is 2. The van der Waals surface area contributed by atoms with Gasteiger partial charge < -0.3 is 10.2 Å². The Kier molecular flexibility index (Phi) is 2.26. The molecule has 104 valence electrons. The summed E-state index contributed by atoms with van der Waals surface area (Å²) >= 11 is 0. The molecule has 1 aromatic rings. The van der Waals surface area contributed by atoms with E-state index in [1.54, 1.807) is 13.8 Å². The molecule has 19 heavy (non-hydrogen) atoms. The zero-order valence-corrected chi connectivity index (χ0v) is 11.2. The number of benzene rings is 1. The number of carbonyl (C=O) groups excluding carboxylic acids is 1. The molecule has 1 aliphatic heterocycles. The van der Waals surface area contributed by atoms with Crippen LogP contribution in [-0.2, 0) is 17.6 Å². The first-order valence-corrected chi connectivity index (χ1v) is 6.44. The van der Waals surface area contributed by atoms with Gasteiger partial charge in [-0.1, -0.05) is 25.9 Å². The van der Waals surface area contributed by atoms with E-state index < -0.39 is 43.4 Å². The van der Waals surface area contributed by atoms with E-state index in [2.05, 4.69) is 5.32 Å². The Hall–Kier alpha value is -1.35. The van der Waals surface area contributed by atoms with Gasteiger partial charge in [0, 0.05) is 20.5 Å². The largest absolute Gasteiger partial charge is 0.326 e. The Morgan fingerprint density at radius 2 is 2.16 bits per heavy atom. The lowest BCUT2D eigenvalue weighted by atomic mass is 10.0. The summed E-state index contributed by atoms with van der Waals surface area (Å²) in [5.74, 6) is -0.980. The van der Waals surface area contributed by atoms with Crippen molar-refractivity contribution in [2.24, 2.45) is 0 Å². The second kappa shape index (κ2) is 6.71. The zero-order valence-electron chi connectivity index (χ0n) is 20.2. The summed E-state index contributed by atoms with van der Waals surface area (Å²) in [7, 11) is 0. The van der Waals surface area contributed by atoms with Gasteiger partial charge in [-0.3, -0.25) is 4.79 Å². The average Bonchev–Trinajstić information content (AvgIpc) is 2.85. The predicted octanol–water partition coefficient (Wildman–Crippen LogP) is 2.85. The normalized spacial score (nSPS) is 24.8. The Labute approximate surface area is 128 Å². The summed E-state index contributed by atoms with van der Waals surface area (Å²) in [6.45, 7) is -0.954. The summed E-state index contributed by atoms with van der Waals surface area (Å²) in [4.78, 5) is 13.0. The summed E-state index contributed by atoms with van der Waals surface area (Å²) < 4.78 is 72.7. The van der Waals surface area contributed by atoms with E-state index in [9.17, 15) is 4.79 Å². The first kappa shape index (κ1) is 6.40. The molecule has 1 heterocycles. The van der Waals surface area contributed by atoms with Crippen LogP contribution >= 0.6 is 0 Å². The molecule has 0 saturated heterocycles. The van der Waals surface area contributed by atoms with Crippen molar-refractivity contribution in [3.8, 4) is 0 Å². The summed E-state index contributed by atoms with van der Waals surface area (Å²) in [5.41, 5.74) is -0.310. The number of nitrogens with one attached hydrogen (secondary N) is 1. The smallest absolute Gasteiger partial charge is 0.228 e. The molecule has 0 unspecified atom stereocenters. The Bertz CT molecular complexity index is 779. The quantitative estimate of drug-likeness (QED) is 0.825. The fraction of sp³-hybridized carbons (Fsp3) is 0.562. The summed E-state index contributed by atoms with van der Waals surface area (Å²) in [5, 5.41) is 2.27. The molecule has 0 spiro atoms. The van der Waals surface area contributed by atoms with Crippen LogP contribution < -0.4 is 5.32 Å². The van der Waals surface area contributed by atoms with Crippen LogP contribution in [0.3, 0.4) is 0 Å². The molecular weight excluding hydrogens is 236 g/mol. The van der Waals surface area contributed by atoms with Crippen molar-refractivity contribution in [1.82, 2.24) is 4.90 Å². The lowest BCUT2D eigenvalue weighted by Gasteiger charge is -2.21. The molecule has 0 atom stereocenters. The number of nitrogens with zero attached hydrogens (tertiary/aromatic N) is 1. The molecule has 3 nitrogen and oxygen atoms in total. The van der Waals surface area contributed by atoms with E-state index in [-0.39, 0.29) is 42.6 Å². The topological polar surface area (TPSA) is 32.3 Å². The molecule has 0 fully saturated rings. The Morgan fingerprint density at radius 3 is 2.84 bits per heavy atom. The SMILES string of the molecule is [2H]c1c([2H])c(CCN(C([2H])([2H])CC)C([2H])([2H])CC)c2c(c1[2H])NC(=O)C2([2H])[2H]. The van der Waals surface area contributed by atoms with Crippen molar-refractivity contribution in [2.75, 3.05) is 24.9 Å². The fourth-order valence-electron chi connectivity index (χ4n) is 1.94. The summed E-state index contributed by atoms with van der Waals surface area (Å²) in [6.07, 6.45) is -2.58. The van der Waals surface area contributed by atoms with Crippen molar-refractivity contribution in [3.05, 3.63) is 29.3 Å².